The number of carbonyl (C=O) groups is 1. The van der Waals surface area contributed by atoms with Crippen LogP contribution in [0.4, 0.5) is 4.39 Å². The van der Waals surface area contributed by atoms with Gasteiger partial charge in [0, 0.05) is 6.92 Å². The highest BCUT2D eigenvalue weighted by Crippen LogP contribution is 2.37. The molecule has 4 rings (SSSR count). The van der Waals surface area contributed by atoms with Crippen molar-refractivity contribution in [2.75, 3.05) is 0 Å². The first-order valence-corrected chi connectivity index (χ1v) is 8.93. The number of carbonyl (C=O) groups excluding carboxylic acids is 1. The molecule has 0 unspecified atom stereocenters. The standard InChI is InChI=1S/C19H20FN5O2/c1-12-14(11-21-25(12)16-8-4-3-7-15(16)20)17(26)23-19(9-5-6-10-19)18-22-13(2)27-24-18/h3-4,7-8,11H,5-6,9-10H2,1-2H3,(H,23,26). The first kappa shape index (κ1) is 17.4. The van der Waals surface area contributed by atoms with Crippen LogP contribution in [0.15, 0.2) is 35.0 Å². The molecule has 1 aliphatic carbocycles. The molecule has 1 saturated carbocycles. The first-order chi connectivity index (χ1) is 13.0. The van der Waals surface area contributed by atoms with Crippen molar-refractivity contribution in [1.29, 1.82) is 0 Å². The van der Waals surface area contributed by atoms with Crippen LogP contribution in [0.2, 0.25) is 0 Å². The molecule has 1 amide bonds. The second-order valence-corrected chi connectivity index (χ2v) is 6.89. The molecule has 7 nitrogen and oxygen atoms in total. The molecule has 0 spiro atoms. The Morgan fingerprint density at radius 3 is 2.67 bits per heavy atom. The summed E-state index contributed by atoms with van der Waals surface area (Å²) in [7, 11) is 0. The van der Waals surface area contributed by atoms with E-state index in [2.05, 4.69) is 20.6 Å². The monoisotopic (exact) mass is 369 g/mol. The molecular formula is C19H20FN5O2. The summed E-state index contributed by atoms with van der Waals surface area (Å²) in [5.41, 5.74) is 0.625. The predicted octanol–water partition coefficient (Wildman–Crippen LogP) is 3.21. The third kappa shape index (κ3) is 3.01. The molecule has 2 heterocycles. The van der Waals surface area contributed by atoms with Crippen molar-refractivity contribution < 1.29 is 13.7 Å². The van der Waals surface area contributed by atoms with Crippen LogP contribution < -0.4 is 5.32 Å². The van der Waals surface area contributed by atoms with Gasteiger partial charge in [-0.1, -0.05) is 30.1 Å². The van der Waals surface area contributed by atoms with E-state index in [1.54, 1.807) is 32.0 Å². The molecule has 3 aromatic rings. The van der Waals surface area contributed by atoms with Crippen molar-refractivity contribution in [3.05, 3.63) is 59.3 Å². The molecule has 0 bridgehead atoms. The Hall–Kier alpha value is -3.03. The number of hydrogen-bond donors (Lipinski definition) is 1. The van der Waals surface area contributed by atoms with Gasteiger partial charge in [0.05, 0.1) is 17.5 Å². The largest absolute Gasteiger partial charge is 0.340 e. The van der Waals surface area contributed by atoms with Crippen molar-refractivity contribution in [3.8, 4) is 5.69 Å². The lowest BCUT2D eigenvalue weighted by Crippen LogP contribution is -2.44. The fraction of sp³-hybridized carbons (Fsp3) is 0.368. The van der Waals surface area contributed by atoms with Crippen LogP contribution in [-0.4, -0.2) is 25.8 Å². The minimum Gasteiger partial charge on any atom is -0.340 e. The number of nitrogens with one attached hydrogen (secondary N) is 1. The van der Waals surface area contributed by atoms with Gasteiger partial charge >= 0.3 is 0 Å². The summed E-state index contributed by atoms with van der Waals surface area (Å²) < 4.78 is 20.6. The highest BCUT2D eigenvalue weighted by Gasteiger charge is 2.41. The van der Waals surface area contributed by atoms with Gasteiger partial charge in [-0.25, -0.2) is 9.07 Å². The lowest BCUT2D eigenvalue weighted by Gasteiger charge is -2.26. The molecule has 27 heavy (non-hydrogen) atoms. The number of aromatic nitrogens is 4. The number of hydrogen-bond acceptors (Lipinski definition) is 5. The van der Waals surface area contributed by atoms with Gasteiger partial charge in [-0.2, -0.15) is 10.1 Å². The van der Waals surface area contributed by atoms with Crippen LogP contribution in [0.3, 0.4) is 0 Å². The van der Waals surface area contributed by atoms with E-state index >= 15 is 0 Å². The topological polar surface area (TPSA) is 85.8 Å². The summed E-state index contributed by atoms with van der Waals surface area (Å²) in [6.45, 7) is 3.47. The number of halogens is 1. The normalized spacial score (nSPS) is 15.8. The van der Waals surface area contributed by atoms with E-state index < -0.39 is 11.4 Å². The predicted molar refractivity (Wildman–Crippen MR) is 94.9 cm³/mol. The average molecular weight is 369 g/mol. The number of aryl methyl sites for hydroxylation is 1. The smallest absolute Gasteiger partial charge is 0.255 e. The molecule has 0 atom stereocenters. The minimum absolute atomic E-state index is 0.278. The van der Waals surface area contributed by atoms with Gasteiger partial charge in [-0.15, -0.1) is 0 Å². The quantitative estimate of drug-likeness (QED) is 0.763. The van der Waals surface area contributed by atoms with Gasteiger partial charge in [-0.05, 0) is 31.9 Å². The molecule has 0 saturated heterocycles. The molecule has 1 fully saturated rings. The minimum atomic E-state index is -0.638. The van der Waals surface area contributed by atoms with Crippen LogP contribution in [0, 0.1) is 19.7 Å². The molecule has 0 aliphatic heterocycles. The molecule has 0 radical (unpaired) electrons. The second kappa shape index (κ2) is 6.61. The van der Waals surface area contributed by atoms with Crippen molar-refractivity contribution >= 4 is 5.91 Å². The number of benzene rings is 1. The van der Waals surface area contributed by atoms with Crippen molar-refractivity contribution in [1.82, 2.24) is 25.2 Å². The summed E-state index contributed by atoms with van der Waals surface area (Å²) in [5, 5.41) is 11.3. The van der Waals surface area contributed by atoms with E-state index in [1.807, 2.05) is 0 Å². The first-order valence-electron chi connectivity index (χ1n) is 8.93. The van der Waals surface area contributed by atoms with Gasteiger partial charge in [0.25, 0.3) is 5.91 Å². The van der Waals surface area contributed by atoms with Crippen LogP contribution >= 0.6 is 0 Å². The van der Waals surface area contributed by atoms with Crippen molar-refractivity contribution in [2.45, 2.75) is 45.1 Å². The highest BCUT2D eigenvalue weighted by atomic mass is 19.1. The zero-order valence-electron chi connectivity index (χ0n) is 15.2. The molecule has 8 heteroatoms. The molecule has 1 aliphatic rings. The van der Waals surface area contributed by atoms with Gasteiger partial charge in [0.15, 0.2) is 5.82 Å². The Morgan fingerprint density at radius 1 is 1.26 bits per heavy atom. The Balaban J connectivity index is 1.65. The Labute approximate surface area is 155 Å². The van der Waals surface area contributed by atoms with E-state index in [4.69, 9.17) is 4.52 Å². The number of nitrogens with zero attached hydrogens (tertiary/aromatic N) is 4. The van der Waals surface area contributed by atoms with Crippen molar-refractivity contribution in [3.63, 3.8) is 0 Å². The molecule has 1 N–H and O–H groups in total. The lowest BCUT2D eigenvalue weighted by molar-refractivity contribution is 0.0891. The molecule has 1 aromatic carbocycles. The fourth-order valence-corrected chi connectivity index (χ4v) is 3.66. The van der Waals surface area contributed by atoms with E-state index in [0.717, 1.165) is 25.7 Å². The second-order valence-electron chi connectivity index (χ2n) is 6.89. The summed E-state index contributed by atoms with van der Waals surface area (Å²) in [5.74, 6) is 0.295. The van der Waals surface area contributed by atoms with Gasteiger partial charge in [0.1, 0.15) is 17.0 Å². The highest BCUT2D eigenvalue weighted by molar-refractivity contribution is 5.95. The zero-order chi connectivity index (χ0) is 19.0. The summed E-state index contributed by atoms with van der Waals surface area (Å²) >= 11 is 0. The van der Waals surface area contributed by atoms with Crippen LogP contribution in [0.1, 0.15) is 53.5 Å². The summed E-state index contributed by atoms with van der Waals surface area (Å²) in [6.07, 6.45) is 4.90. The van der Waals surface area contributed by atoms with Crippen LogP contribution in [0.5, 0.6) is 0 Å². The fourth-order valence-electron chi connectivity index (χ4n) is 3.66. The van der Waals surface area contributed by atoms with Gasteiger partial charge in [0.2, 0.25) is 5.89 Å². The van der Waals surface area contributed by atoms with Crippen LogP contribution in [0.25, 0.3) is 5.69 Å². The molecule has 140 valence electrons. The third-order valence-electron chi connectivity index (χ3n) is 5.10. The molecule has 2 aromatic heterocycles. The maximum absolute atomic E-state index is 14.1. The number of amides is 1. The summed E-state index contributed by atoms with van der Waals surface area (Å²) in [6, 6.07) is 6.33. The Kier molecular flexibility index (Phi) is 4.25. The maximum atomic E-state index is 14.1. The van der Waals surface area contributed by atoms with E-state index in [9.17, 15) is 9.18 Å². The zero-order valence-corrected chi connectivity index (χ0v) is 15.2. The third-order valence-corrected chi connectivity index (χ3v) is 5.10. The maximum Gasteiger partial charge on any atom is 0.255 e. The Bertz CT molecular complexity index is 988. The summed E-state index contributed by atoms with van der Waals surface area (Å²) in [4.78, 5) is 17.3. The van der Waals surface area contributed by atoms with Gasteiger partial charge in [-0.3, -0.25) is 4.79 Å². The SMILES string of the molecule is Cc1nc(C2(NC(=O)c3cnn(-c4ccccc4F)c3C)CCCC2)no1. The van der Waals surface area contributed by atoms with E-state index in [-0.39, 0.29) is 5.91 Å². The van der Waals surface area contributed by atoms with E-state index in [0.29, 0.717) is 28.7 Å². The van der Waals surface area contributed by atoms with Crippen molar-refractivity contribution in [2.24, 2.45) is 0 Å². The molecular weight excluding hydrogens is 349 g/mol. The average Bonchev–Trinajstić information content (AvgIpc) is 3.36. The number of rotatable bonds is 4. The van der Waals surface area contributed by atoms with E-state index in [1.165, 1.54) is 16.9 Å². The Morgan fingerprint density at radius 2 is 2.00 bits per heavy atom. The lowest BCUT2D eigenvalue weighted by atomic mass is 9.96. The van der Waals surface area contributed by atoms with Gasteiger partial charge < -0.3 is 9.84 Å². The number of para-hydroxylation sites is 1. The van der Waals surface area contributed by atoms with Crippen LogP contribution in [-0.2, 0) is 5.54 Å².